The SMILES string of the molecule is O=S(=O)(O)C(F)(F)F.[F-].[F-].[F-].[F-].[F-].[Ta+5]. The van der Waals surface area contributed by atoms with Gasteiger partial charge in [0.2, 0.25) is 0 Å². The predicted molar refractivity (Wildman–Crippen MR) is 17.6 cm³/mol. The van der Waals surface area contributed by atoms with E-state index in [2.05, 4.69) is 0 Å². The summed E-state index contributed by atoms with van der Waals surface area (Å²) >= 11 is 0. The summed E-state index contributed by atoms with van der Waals surface area (Å²) in [5.41, 5.74) is -5.53. The van der Waals surface area contributed by atoms with E-state index in [4.69, 9.17) is 13.0 Å². The molecule has 0 spiro atoms. The predicted octanol–water partition coefficient (Wildman–Crippen LogP) is -14.6. The van der Waals surface area contributed by atoms with E-state index >= 15 is 0 Å². The molecule has 0 saturated carbocycles. The summed E-state index contributed by atoms with van der Waals surface area (Å²) in [7, 11) is -5.84. The Morgan fingerprint density at radius 3 is 0.929 bits per heavy atom. The summed E-state index contributed by atoms with van der Waals surface area (Å²) in [6.45, 7) is 0. The fourth-order valence-electron chi connectivity index (χ4n) is 0. The molecule has 13 heteroatoms. The summed E-state index contributed by atoms with van der Waals surface area (Å²) in [6, 6.07) is 0. The molecule has 0 saturated heterocycles. The van der Waals surface area contributed by atoms with Crippen molar-refractivity contribution in [3.05, 3.63) is 0 Å². The van der Waals surface area contributed by atoms with Crippen LogP contribution in [-0.2, 0) is 32.5 Å². The number of hydrogen-bond acceptors (Lipinski definition) is 2. The first-order valence-electron chi connectivity index (χ1n) is 1.29. The minimum atomic E-state index is -5.84. The van der Waals surface area contributed by atoms with Crippen LogP contribution in [0, 0.1) is 0 Å². The molecule has 0 aromatic rings. The quantitative estimate of drug-likeness (QED) is 0.238. The summed E-state index contributed by atoms with van der Waals surface area (Å²) in [6.07, 6.45) is 0. The van der Waals surface area contributed by atoms with Gasteiger partial charge in [-0.15, -0.1) is 0 Å². The van der Waals surface area contributed by atoms with Gasteiger partial charge in [0, 0.05) is 0 Å². The molecule has 0 unspecified atom stereocenters. The molecule has 0 aromatic carbocycles. The van der Waals surface area contributed by atoms with Crippen molar-refractivity contribution in [2.45, 2.75) is 5.51 Å². The zero-order valence-corrected chi connectivity index (χ0v) is 9.67. The first-order chi connectivity index (χ1) is 3.25. The standard InChI is InChI=1S/CHF3O3S.5FH.Ta/c2-1(3,4)8(5,6)7;;;;;;/h(H,5,6,7);5*1H;/q;;;;;;+5/p-5. The van der Waals surface area contributed by atoms with Crippen molar-refractivity contribution < 1.29 is 72.0 Å². The third-order valence-corrected chi connectivity index (χ3v) is 0.877. The normalized spacial score (nSPS) is 8.00. The monoisotopic (exact) mass is 426 g/mol. The molecular formula is CHF8O3STa. The van der Waals surface area contributed by atoms with Crippen LogP contribution >= 0.6 is 0 Å². The molecule has 0 atom stereocenters. The third kappa shape index (κ3) is 18.0. The molecule has 14 heavy (non-hydrogen) atoms. The summed E-state index contributed by atoms with van der Waals surface area (Å²) < 4.78 is 57.5. The Kier molecular flexibility index (Phi) is 44.9. The molecule has 0 aliphatic heterocycles. The first kappa shape index (κ1) is 48.0. The molecule has 0 heterocycles. The molecular weight excluding hydrogens is 425 g/mol. The second-order valence-electron chi connectivity index (χ2n) is 0.921. The molecule has 0 radical (unpaired) electrons. The second-order valence-corrected chi connectivity index (χ2v) is 2.33. The van der Waals surface area contributed by atoms with Crippen molar-refractivity contribution >= 4 is 10.1 Å². The number of hydrogen-bond donors (Lipinski definition) is 1. The molecule has 0 aliphatic rings. The molecule has 0 aliphatic carbocycles. The van der Waals surface area contributed by atoms with E-state index < -0.39 is 15.6 Å². The fourth-order valence-corrected chi connectivity index (χ4v) is 0. The third-order valence-electron chi connectivity index (χ3n) is 0.292. The Balaban J connectivity index is -0.0000000163. The van der Waals surface area contributed by atoms with Gasteiger partial charge in [-0.1, -0.05) is 0 Å². The Bertz CT molecular complexity index is 174. The second kappa shape index (κ2) is 13.1. The van der Waals surface area contributed by atoms with Gasteiger partial charge >= 0.3 is 38.0 Å². The van der Waals surface area contributed by atoms with Gasteiger partial charge in [-0.3, -0.25) is 4.55 Å². The van der Waals surface area contributed by atoms with E-state index in [0.717, 1.165) is 0 Å². The van der Waals surface area contributed by atoms with E-state index in [9.17, 15) is 13.2 Å². The molecule has 1 N–H and O–H groups in total. The van der Waals surface area contributed by atoms with Crippen molar-refractivity contribution in [3.63, 3.8) is 0 Å². The average molecular weight is 426 g/mol. The van der Waals surface area contributed by atoms with Crippen molar-refractivity contribution in [1.29, 1.82) is 0 Å². The van der Waals surface area contributed by atoms with Crippen LogP contribution in [0.4, 0.5) is 13.2 Å². The van der Waals surface area contributed by atoms with Crippen LogP contribution in [-0.4, -0.2) is 18.5 Å². The number of rotatable bonds is 0. The molecule has 0 amide bonds. The van der Waals surface area contributed by atoms with Crippen molar-refractivity contribution in [2.24, 2.45) is 0 Å². The Morgan fingerprint density at radius 1 is 0.857 bits per heavy atom. The van der Waals surface area contributed by atoms with Crippen LogP contribution in [0.5, 0.6) is 0 Å². The van der Waals surface area contributed by atoms with Crippen LogP contribution in [0.25, 0.3) is 0 Å². The minimum Gasteiger partial charge on any atom is -1.00 e. The maximum Gasteiger partial charge on any atom is 5.00 e. The molecule has 0 rings (SSSR count). The maximum absolute atomic E-state index is 10.7. The first-order valence-corrected chi connectivity index (χ1v) is 2.73. The van der Waals surface area contributed by atoms with E-state index in [1.165, 1.54) is 0 Å². The summed E-state index contributed by atoms with van der Waals surface area (Å²) in [4.78, 5) is 0. The topological polar surface area (TPSA) is 54.4 Å². The van der Waals surface area contributed by atoms with Gasteiger partial charge in [-0.25, -0.2) is 0 Å². The van der Waals surface area contributed by atoms with Crippen molar-refractivity contribution in [2.75, 3.05) is 0 Å². The van der Waals surface area contributed by atoms with Crippen molar-refractivity contribution in [1.82, 2.24) is 0 Å². The Morgan fingerprint density at radius 2 is 0.929 bits per heavy atom. The van der Waals surface area contributed by atoms with Crippen LogP contribution in [0.1, 0.15) is 0 Å². The molecule has 0 aromatic heterocycles. The van der Waals surface area contributed by atoms with E-state index in [-0.39, 0.29) is 45.9 Å². The van der Waals surface area contributed by atoms with Gasteiger partial charge in [-0.2, -0.15) is 21.6 Å². The van der Waals surface area contributed by atoms with Gasteiger partial charge in [0.15, 0.2) is 0 Å². The molecule has 90 valence electrons. The van der Waals surface area contributed by atoms with Crippen LogP contribution in [0.3, 0.4) is 0 Å². The Labute approximate surface area is 88.1 Å². The maximum atomic E-state index is 10.7. The van der Waals surface area contributed by atoms with E-state index in [0.29, 0.717) is 0 Å². The zero-order valence-electron chi connectivity index (χ0n) is 5.64. The largest absolute Gasteiger partial charge is 5.00 e. The van der Waals surface area contributed by atoms with Gasteiger partial charge in [-0.05, 0) is 0 Å². The van der Waals surface area contributed by atoms with Gasteiger partial charge in [0.1, 0.15) is 0 Å². The average Bonchev–Trinajstić information content (AvgIpc) is 1.25. The smallest absolute Gasteiger partial charge is 1.00 e. The number of alkyl halides is 3. The molecule has 3 nitrogen and oxygen atoms in total. The summed E-state index contributed by atoms with van der Waals surface area (Å²) in [5.74, 6) is 0. The zero-order chi connectivity index (χ0) is 7.00. The molecule has 0 fully saturated rings. The van der Waals surface area contributed by atoms with Crippen LogP contribution in [0.15, 0.2) is 0 Å². The van der Waals surface area contributed by atoms with Crippen LogP contribution in [0.2, 0.25) is 0 Å². The summed E-state index contributed by atoms with van der Waals surface area (Å²) in [5, 5.41) is 0. The van der Waals surface area contributed by atoms with Gasteiger partial charge in [0.05, 0.1) is 0 Å². The van der Waals surface area contributed by atoms with Crippen molar-refractivity contribution in [3.8, 4) is 0 Å². The Hall–Kier alpha value is 0.0903. The van der Waals surface area contributed by atoms with Crippen LogP contribution < -0.4 is 23.5 Å². The fraction of sp³-hybridized carbons (Fsp3) is 1.00. The van der Waals surface area contributed by atoms with E-state index in [1.54, 1.807) is 0 Å². The van der Waals surface area contributed by atoms with Gasteiger partial charge in [0.25, 0.3) is 0 Å². The number of halogens is 8. The van der Waals surface area contributed by atoms with E-state index in [1.807, 2.05) is 0 Å². The molecule has 0 bridgehead atoms. The minimum absolute atomic E-state index is 0. The van der Waals surface area contributed by atoms with Gasteiger partial charge < -0.3 is 23.5 Å².